The van der Waals surface area contributed by atoms with Gasteiger partial charge in [0.1, 0.15) is 11.3 Å². The van der Waals surface area contributed by atoms with Crippen molar-refractivity contribution < 1.29 is 27.8 Å². The van der Waals surface area contributed by atoms with Gasteiger partial charge in [-0.1, -0.05) is 0 Å². The molecule has 1 aromatic heterocycles. The van der Waals surface area contributed by atoms with Crippen molar-refractivity contribution in [3.05, 3.63) is 41.4 Å². The van der Waals surface area contributed by atoms with Gasteiger partial charge in [-0.05, 0) is 24.8 Å². The largest absolute Gasteiger partial charge is 0.737 e. The highest BCUT2D eigenvalue weighted by Gasteiger charge is 2.54. The summed E-state index contributed by atoms with van der Waals surface area (Å²) < 4.78 is 31.6. The molecule has 0 atom stereocenters. The molecule has 6 nitrogen and oxygen atoms in total. The number of halogens is 2. The molecule has 126 valence electrons. The van der Waals surface area contributed by atoms with E-state index >= 15 is 0 Å². The van der Waals surface area contributed by atoms with Crippen molar-refractivity contribution in [2.75, 3.05) is 6.54 Å². The summed E-state index contributed by atoms with van der Waals surface area (Å²) in [5.41, 5.74) is 1.09. The number of aromatic nitrogens is 1. The number of fused-ring (bicyclic) bond motifs is 2. The van der Waals surface area contributed by atoms with E-state index in [1.54, 1.807) is 13.8 Å². The van der Waals surface area contributed by atoms with Crippen LogP contribution in [0.2, 0.25) is 0 Å². The van der Waals surface area contributed by atoms with Crippen LogP contribution in [-0.2, 0) is 9.59 Å². The summed E-state index contributed by atoms with van der Waals surface area (Å²) >= 11 is 0. The molecule has 24 heavy (non-hydrogen) atoms. The number of carboxylic acid groups (broad SMARTS) is 1. The second-order valence-electron chi connectivity index (χ2n) is 5.82. The molecule has 0 aromatic carbocycles. The minimum atomic E-state index is -4.08. The van der Waals surface area contributed by atoms with Crippen LogP contribution in [-0.4, -0.2) is 45.2 Å². The summed E-state index contributed by atoms with van der Waals surface area (Å²) in [4.78, 5) is 23.1. The fourth-order valence-corrected chi connectivity index (χ4v) is 3.18. The van der Waals surface area contributed by atoms with Crippen LogP contribution in [0.1, 0.15) is 24.7 Å². The molecule has 1 amide bonds. The van der Waals surface area contributed by atoms with Crippen LogP contribution in [0.15, 0.2) is 30.0 Å². The lowest BCUT2D eigenvalue weighted by atomic mass is 9.87. The number of allylic oxidation sites excluding steroid dienone is 2. The van der Waals surface area contributed by atoms with Gasteiger partial charge in [0.15, 0.2) is 5.70 Å². The summed E-state index contributed by atoms with van der Waals surface area (Å²) in [7, 11) is 0. The molecular weight excluding hydrogens is 319 g/mol. The summed E-state index contributed by atoms with van der Waals surface area (Å²) in [6.07, 6.45) is 2.79. The summed E-state index contributed by atoms with van der Waals surface area (Å²) in [6, 6.07) is 3.03. The van der Waals surface area contributed by atoms with Crippen molar-refractivity contribution in [3.63, 3.8) is 0 Å². The van der Waals surface area contributed by atoms with E-state index in [-0.39, 0.29) is 29.9 Å². The van der Waals surface area contributed by atoms with Crippen molar-refractivity contribution >= 4 is 30.1 Å². The second kappa shape index (κ2) is 5.43. The van der Waals surface area contributed by atoms with Crippen LogP contribution in [0.4, 0.5) is 8.63 Å². The zero-order valence-corrected chi connectivity index (χ0v) is 13.2. The molecule has 0 saturated carbocycles. The van der Waals surface area contributed by atoms with Gasteiger partial charge >= 0.3 is 12.9 Å². The van der Waals surface area contributed by atoms with Gasteiger partial charge in [0, 0.05) is 31.3 Å². The van der Waals surface area contributed by atoms with E-state index in [1.807, 2.05) is 0 Å². The Balaban J connectivity index is 2.10. The zero-order valence-electron chi connectivity index (χ0n) is 13.2. The maximum absolute atomic E-state index is 14.9. The lowest BCUT2D eigenvalue weighted by molar-refractivity contribution is -0.361. The molecule has 0 saturated heterocycles. The molecule has 2 N–H and O–H groups in total. The number of carbonyl (C=O) groups is 2. The molecule has 9 heteroatoms. The standard InChI is InChI=1S/C15H16BF2N3O3/c1-9-3-5-11-14(15(24)19-8-7-13(22)23)12-6-4-10(2)21(12)16(17,18)20(9)11/h3-6H,7-8H2,1-2H3,(H,19,24)(H,22,23). The Hall–Kier alpha value is -2.71. The molecule has 3 rings (SSSR count). The molecule has 2 aliphatic heterocycles. The summed E-state index contributed by atoms with van der Waals surface area (Å²) in [5.74, 6) is -1.61. The molecule has 3 heterocycles. The molecule has 0 fully saturated rings. The normalized spacial score (nSPS) is 17.8. The maximum Gasteiger partial charge on any atom is 0.737 e. The summed E-state index contributed by atoms with van der Waals surface area (Å²) in [6.45, 7) is -1.04. The van der Waals surface area contributed by atoms with E-state index in [1.165, 1.54) is 24.3 Å². The second-order valence-corrected chi connectivity index (χ2v) is 5.82. The predicted molar refractivity (Wildman–Crippen MR) is 84.8 cm³/mol. The lowest BCUT2D eigenvalue weighted by Gasteiger charge is -2.32. The van der Waals surface area contributed by atoms with Crippen molar-refractivity contribution in [1.82, 2.24) is 9.79 Å². The van der Waals surface area contributed by atoms with E-state index in [0.29, 0.717) is 11.4 Å². The first kappa shape index (κ1) is 16.2. The third-order valence-corrected chi connectivity index (χ3v) is 4.23. The van der Waals surface area contributed by atoms with E-state index in [9.17, 15) is 18.2 Å². The number of nitrogens with zero attached hydrogens (tertiary/aromatic N) is 2. The SMILES string of the molecule is CC1=[N+]2C(=C(C(=O)NCCC(=O)O)c3ccc(C)n3[B-]2(F)F)C=C1. The monoisotopic (exact) mass is 335 g/mol. The molecule has 1 aromatic rings. The average Bonchev–Trinajstić information content (AvgIpc) is 3.04. The number of carboxylic acids is 1. The van der Waals surface area contributed by atoms with Gasteiger partial charge in [0.05, 0.1) is 6.42 Å². The number of aryl methyl sites for hydroxylation is 1. The van der Waals surface area contributed by atoms with Gasteiger partial charge < -0.3 is 28.0 Å². The molecule has 0 radical (unpaired) electrons. The Morgan fingerprint density at radius 3 is 2.67 bits per heavy atom. The number of hydrogen-bond acceptors (Lipinski definition) is 2. The Bertz CT molecular complexity index is 852. The minimum Gasteiger partial charge on any atom is -0.481 e. The first-order valence-corrected chi connectivity index (χ1v) is 7.51. The minimum absolute atomic E-state index is 0.0708. The predicted octanol–water partition coefficient (Wildman–Crippen LogP) is 1.38. The van der Waals surface area contributed by atoms with E-state index in [0.717, 1.165) is 8.96 Å². The van der Waals surface area contributed by atoms with Crippen LogP contribution in [0.25, 0.3) is 5.57 Å². The van der Waals surface area contributed by atoms with Gasteiger partial charge in [0.2, 0.25) is 0 Å². The zero-order chi connectivity index (χ0) is 17.6. The topological polar surface area (TPSA) is 74.3 Å². The van der Waals surface area contributed by atoms with Gasteiger partial charge in [-0.25, -0.2) is 0 Å². The Morgan fingerprint density at radius 2 is 2.00 bits per heavy atom. The van der Waals surface area contributed by atoms with Gasteiger partial charge in [-0.2, -0.15) is 0 Å². The van der Waals surface area contributed by atoms with Crippen LogP contribution >= 0.6 is 0 Å². The van der Waals surface area contributed by atoms with Crippen LogP contribution in [0.5, 0.6) is 0 Å². The van der Waals surface area contributed by atoms with Gasteiger partial charge in [-0.15, -0.1) is 0 Å². The fourth-order valence-electron chi connectivity index (χ4n) is 3.18. The highest BCUT2D eigenvalue weighted by atomic mass is 19.2. The first-order chi connectivity index (χ1) is 11.2. The molecule has 0 bridgehead atoms. The first-order valence-electron chi connectivity index (χ1n) is 7.51. The molecular formula is C15H16BF2N3O3. The molecule has 0 aliphatic carbocycles. The average molecular weight is 335 g/mol. The third-order valence-electron chi connectivity index (χ3n) is 4.23. The number of carbonyl (C=O) groups excluding carboxylic acids is 1. The number of nitrogens with one attached hydrogen (secondary N) is 1. The molecule has 0 unspecified atom stereocenters. The maximum atomic E-state index is 14.9. The van der Waals surface area contributed by atoms with Gasteiger partial charge in [-0.3, -0.25) is 9.59 Å². The van der Waals surface area contributed by atoms with E-state index < -0.39 is 18.8 Å². The lowest BCUT2D eigenvalue weighted by Crippen LogP contribution is -2.52. The smallest absolute Gasteiger partial charge is 0.481 e. The van der Waals surface area contributed by atoms with Crippen molar-refractivity contribution in [1.29, 1.82) is 0 Å². The number of rotatable bonds is 4. The van der Waals surface area contributed by atoms with Crippen molar-refractivity contribution in [2.45, 2.75) is 20.3 Å². The van der Waals surface area contributed by atoms with Crippen LogP contribution in [0.3, 0.4) is 0 Å². The molecule has 0 spiro atoms. The number of amides is 1. The number of hydrogen-bond donors (Lipinski definition) is 2. The Morgan fingerprint density at radius 1 is 1.29 bits per heavy atom. The van der Waals surface area contributed by atoms with Gasteiger partial charge in [0.25, 0.3) is 5.91 Å². The van der Waals surface area contributed by atoms with Crippen LogP contribution in [0, 0.1) is 6.92 Å². The fraction of sp³-hybridized carbons (Fsp3) is 0.267. The molecule has 2 aliphatic rings. The summed E-state index contributed by atoms with van der Waals surface area (Å²) in [5, 5.41) is 11.2. The van der Waals surface area contributed by atoms with Crippen molar-refractivity contribution in [3.8, 4) is 0 Å². The highest BCUT2D eigenvalue weighted by Crippen LogP contribution is 2.37. The highest BCUT2D eigenvalue weighted by molar-refractivity contribution is 6.58. The third kappa shape index (κ3) is 2.27. The quantitative estimate of drug-likeness (QED) is 0.817. The van der Waals surface area contributed by atoms with Crippen LogP contribution < -0.4 is 5.32 Å². The van der Waals surface area contributed by atoms with Crippen molar-refractivity contribution in [2.24, 2.45) is 0 Å². The van der Waals surface area contributed by atoms with E-state index in [2.05, 4.69) is 5.32 Å². The number of aliphatic carboxylic acids is 1. The Kier molecular flexibility index (Phi) is 3.66. The Labute approximate surface area is 136 Å². The van der Waals surface area contributed by atoms with E-state index in [4.69, 9.17) is 5.11 Å².